The Balaban J connectivity index is 1.36. The van der Waals surface area contributed by atoms with Crippen LogP contribution in [0.2, 0.25) is 0 Å². The molecular weight excluding hydrogens is 408 g/mol. The van der Waals surface area contributed by atoms with E-state index in [0.29, 0.717) is 17.8 Å². The van der Waals surface area contributed by atoms with Gasteiger partial charge in [-0.3, -0.25) is 19.3 Å². The minimum Gasteiger partial charge on any atom is -0.345 e. The van der Waals surface area contributed by atoms with Crippen LogP contribution in [0.15, 0.2) is 73.1 Å². The van der Waals surface area contributed by atoms with Crippen LogP contribution in [0.25, 0.3) is 27.9 Å². The van der Waals surface area contributed by atoms with E-state index in [4.69, 9.17) is 0 Å². The second kappa shape index (κ2) is 7.62. The molecule has 0 radical (unpaired) electrons. The Bertz CT molecular complexity index is 1480. The van der Waals surface area contributed by atoms with Crippen LogP contribution in [0, 0.1) is 10.1 Å². The number of rotatable bonds is 5. The summed E-state index contributed by atoms with van der Waals surface area (Å²) in [5, 5.41) is 13.8. The number of hydrogen-bond acceptors (Lipinski definition) is 5. The van der Waals surface area contributed by atoms with E-state index in [9.17, 15) is 14.9 Å². The molecular formula is C23H18N6O3. The van der Waals surface area contributed by atoms with Gasteiger partial charge in [0, 0.05) is 36.5 Å². The number of aromatic nitrogens is 4. The number of imidazole rings is 2. The number of nitro benzene ring substituents is 1. The van der Waals surface area contributed by atoms with Gasteiger partial charge in [-0.1, -0.05) is 12.1 Å². The summed E-state index contributed by atoms with van der Waals surface area (Å²) in [6, 6.07) is 17.5. The molecule has 3 heterocycles. The molecule has 3 aromatic heterocycles. The van der Waals surface area contributed by atoms with E-state index in [1.54, 1.807) is 36.7 Å². The van der Waals surface area contributed by atoms with E-state index >= 15 is 0 Å². The molecule has 0 fully saturated rings. The number of carbonyl (C=O) groups is 1. The standard InChI is InChI=1S/C23H18N6O3/c1-27-19-5-3-2-4-18(19)26-22(27)14-25-23(30)16-10-11-28-20(13-24-21(28)12-16)15-6-8-17(9-7-15)29(31)32/h2-13H,14H2,1H3,(H,25,30). The molecule has 5 rings (SSSR count). The minimum atomic E-state index is -0.434. The number of non-ortho nitro benzene ring substituents is 1. The molecule has 1 amide bonds. The van der Waals surface area contributed by atoms with Crippen molar-refractivity contribution in [2.75, 3.05) is 0 Å². The molecule has 0 bridgehead atoms. The van der Waals surface area contributed by atoms with Crippen LogP contribution in [-0.2, 0) is 13.6 Å². The summed E-state index contributed by atoms with van der Waals surface area (Å²) in [5.74, 6) is 0.543. The van der Waals surface area contributed by atoms with Crippen molar-refractivity contribution >= 4 is 28.3 Å². The van der Waals surface area contributed by atoms with E-state index in [-0.39, 0.29) is 11.6 Å². The maximum atomic E-state index is 12.7. The summed E-state index contributed by atoms with van der Waals surface area (Å²) in [7, 11) is 1.92. The third-order valence-corrected chi connectivity index (χ3v) is 5.44. The van der Waals surface area contributed by atoms with Gasteiger partial charge >= 0.3 is 0 Å². The number of nitrogens with zero attached hydrogens (tertiary/aromatic N) is 5. The molecule has 158 valence electrons. The average molecular weight is 426 g/mol. The first-order valence-corrected chi connectivity index (χ1v) is 9.92. The Morgan fingerprint density at radius 1 is 1.12 bits per heavy atom. The van der Waals surface area contributed by atoms with Crippen molar-refractivity contribution in [3.05, 3.63) is 94.6 Å². The molecule has 9 nitrogen and oxygen atoms in total. The Hall–Kier alpha value is -4.53. The van der Waals surface area contributed by atoms with Crippen molar-refractivity contribution < 1.29 is 9.72 Å². The van der Waals surface area contributed by atoms with Gasteiger partial charge in [-0.05, 0) is 36.4 Å². The van der Waals surface area contributed by atoms with Gasteiger partial charge < -0.3 is 9.88 Å². The van der Waals surface area contributed by atoms with E-state index in [0.717, 1.165) is 28.1 Å². The number of carbonyl (C=O) groups excluding carboxylic acids is 1. The zero-order valence-electron chi connectivity index (χ0n) is 17.1. The fourth-order valence-electron chi connectivity index (χ4n) is 3.70. The zero-order valence-corrected chi connectivity index (χ0v) is 17.1. The SMILES string of the molecule is Cn1c(CNC(=O)c2ccn3c(-c4ccc([N+](=O)[O-])cc4)cnc3c2)nc2ccccc21. The molecule has 5 aromatic rings. The lowest BCUT2D eigenvalue weighted by Crippen LogP contribution is -2.24. The summed E-state index contributed by atoms with van der Waals surface area (Å²) >= 11 is 0. The number of fused-ring (bicyclic) bond motifs is 2. The Morgan fingerprint density at radius 2 is 1.91 bits per heavy atom. The predicted octanol–water partition coefficient (Wildman–Crippen LogP) is 3.73. The lowest BCUT2D eigenvalue weighted by molar-refractivity contribution is -0.384. The molecule has 2 aromatic carbocycles. The van der Waals surface area contributed by atoms with Crippen LogP contribution in [0.3, 0.4) is 0 Å². The fraction of sp³-hybridized carbons (Fsp3) is 0.0870. The minimum absolute atomic E-state index is 0.0298. The van der Waals surface area contributed by atoms with Gasteiger partial charge in [0.05, 0.1) is 34.4 Å². The van der Waals surface area contributed by atoms with Gasteiger partial charge in [0.25, 0.3) is 11.6 Å². The molecule has 0 aliphatic heterocycles. The highest BCUT2D eigenvalue weighted by Gasteiger charge is 2.13. The highest BCUT2D eigenvalue weighted by Crippen LogP contribution is 2.24. The molecule has 0 atom stereocenters. The number of aryl methyl sites for hydroxylation is 1. The van der Waals surface area contributed by atoms with Crippen LogP contribution >= 0.6 is 0 Å². The maximum absolute atomic E-state index is 12.7. The molecule has 0 spiro atoms. The summed E-state index contributed by atoms with van der Waals surface area (Å²) < 4.78 is 3.80. The van der Waals surface area contributed by atoms with Crippen molar-refractivity contribution in [2.45, 2.75) is 6.54 Å². The fourth-order valence-corrected chi connectivity index (χ4v) is 3.70. The van der Waals surface area contributed by atoms with Crippen LogP contribution in [-0.4, -0.2) is 29.8 Å². The second-order valence-electron chi connectivity index (χ2n) is 7.35. The zero-order chi connectivity index (χ0) is 22.2. The van der Waals surface area contributed by atoms with Crippen molar-refractivity contribution in [1.29, 1.82) is 0 Å². The number of pyridine rings is 1. The Labute approximate surface area is 182 Å². The Kier molecular flexibility index (Phi) is 4.63. The number of para-hydroxylation sites is 2. The topological polar surface area (TPSA) is 107 Å². The van der Waals surface area contributed by atoms with Gasteiger partial charge in [-0.15, -0.1) is 0 Å². The monoisotopic (exact) mass is 426 g/mol. The lowest BCUT2D eigenvalue weighted by Gasteiger charge is -2.07. The summed E-state index contributed by atoms with van der Waals surface area (Å²) in [5.41, 5.74) is 4.59. The molecule has 32 heavy (non-hydrogen) atoms. The lowest BCUT2D eigenvalue weighted by atomic mass is 10.1. The number of nitrogens with one attached hydrogen (secondary N) is 1. The van der Waals surface area contributed by atoms with Crippen molar-refractivity contribution in [3.8, 4) is 11.3 Å². The van der Waals surface area contributed by atoms with Crippen LogP contribution in [0.5, 0.6) is 0 Å². The first-order chi connectivity index (χ1) is 15.5. The Morgan fingerprint density at radius 3 is 2.66 bits per heavy atom. The maximum Gasteiger partial charge on any atom is 0.269 e. The molecule has 9 heteroatoms. The molecule has 0 aliphatic carbocycles. The molecule has 0 unspecified atom stereocenters. The quantitative estimate of drug-likeness (QED) is 0.340. The van der Waals surface area contributed by atoms with Gasteiger partial charge in [0.1, 0.15) is 11.5 Å². The first-order valence-electron chi connectivity index (χ1n) is 9.92. The van der Waals surface area contributed by atoms with Crippen LogP contribution < -0.4 is 5.32 Å². The number of amides is 1. The number of hydrogen-bond donors (Lipinski definition) is 1. The highest BCUT2D eigenvalue weighted by atomic mass is 16.6. The molecule has 0 saturated carbocycles. The van der Waals surface area contributed by atoms with Crippen LogP contribution in [0.1, 0.15) is 16.2 Å². The normalized spacial score (nSPS) is 11.2. The molecule has 0 aliphatic rings. The number of nitro groups is 1. The van der Waals surface area contributed by atoms with Crippen molar-refractivity contribution in [2.24, 2.45) is 7.05 Å². The van der Waals surface area contributed by atoms with Gasteiger partial charge in [-0.25, -0.2) is 9.97 Å². The van der Waals surface area contributed by atoms with Crippen LogP contribution in [0.4, 0.5) is 5.69 Å². The molecule has 1 N–H and O–H groups in total. The largest absolute Gasteiger partial charge is 0.345 e. The highest BCUT2D eigenvalue weighted by molar-refractivity contribution is 5.95. The van der Waals surface area contributed by atoms with Gasteiger partial charge in [-0.2, -0.15) is 0 Å². The summed E-state index contributed by atoms with van der Waals surface area (Å²) in [6.45, 7) is 0.303. The average Bonchev–Trinajstić information content (AvgIpc) is 3.38. The number of benzene rings is 2. The third-order valence-electron chi connectivity index (χ3n) is 5.44. The van der Waals surface area contributed by atoms with E-state index in [1.807, 2.05) is 40.3 Å². The summed E-state index contributed by atoms with van der Waals surface area (Å²) in [4.78, 5) is 32.1. The van der Waals surface area contributed by atoms with Gasteiger partial charge in [0.15, 0.2) is 0 Å². The van der Waals surface area contributed by atoms with Crippen molar-refractivity contribution in [1.82, 2.24) is 24.3 Å². The van der Waals surface area contributed by atoms with E-state index in [2.05, 4.69) is 15.3 Å². The van der Waals surface area contributed by atoms with E-state index < -0.39 is 4.92 Å². The third kappa shape index (κ3) is 3.35. The van der Waals surface area contributed by atoms with Gasteiger partial charge in [0.2, 0.25) is 0 Å². The first kappa shape index (κ1) is 19.4. The molecule has 0 saturated heterocycles. The second-order valence-corrected chi connectivity index (χ2v) is 7.35. The summed E-state index contributed by atoms with van der Waals surface area (Å²) in [6.07, 6.45) is 3.45. The van der Waals surface area contributed by atoms with E-state index in [1.165, 1.54) is 12.1 Å². The smallest absolute Gasteiger partial charge is 0.269 e. The van der Waals surface area contributed by atoms with Crippen molar-refractivity contribution in [3.63, 3.8) is 0 Å². The predicted molar refractivity (Wildman–Crippen MR) is 119 cm³/mol.